The van der Waals surface area contributed by atoms with Crippen molar-refractivity contribution in [3.8, 4) is 0 Å². The quantitative estimate of drug-likeness (QED) is 0.903. The monoisotopic (exact) mass is 286 g/mol. The first-order chi connectivity index (χ1) is 10.1. The molecule has 4 nitrogen and oxygen atoms in total. The highest BCUT2D eigenvalue weighted by Gasteiger charge is 2.36. The van der Waals surface area contributed by atoms with Crippen LogP contribution in [0.2, 0.25) is 0 Å². The van der Waals surface area contributed by atoms with E-state index in [1.54, 1.807) is 0 Å². The Morgan fingerprint density at radius 2 is 1.90 bits per heavy atom. The fourth-order valence-corrected chi connectivity index (χ4v) is 2.17. The Hall–Kier alpha value is -2.33. The molecule has 0 saturated heterocycles. The number of ketones is 1. The lowest BCUT2D eigenvalue weighted by molar-refractivity contribution is -0.115. The molecule has 1 aromatic rings. The number of hydrogen-bond acceptors (Lipinski definition) is 4. The van der Waals surface area contributed by atoms with Crippen LogP contribution in [0, 0.1) is 0 Å². The second kappa shape index (κ2) is 6.41. The van der Waals surface area contributed by atoms with Crippen molar-refractivity contribution in [2.75, 3.05) is 14.2 Å². The van der Waals surface area contributed by atoms with Gasteiger partial charge in [-0.25, -0.2) is 0 Å². The highest BCUT2D eigenvalue weighted by atomic mass is 16.5. The molecule has 21 heavy (non-hydrogen) atoms. The van der Waals surface area contributed by atoms with E-state index in [9.17, 15) is 9.90 Å². The van der Waals surface area contributed by atoms with Crippen molar-refractivity contribution >= 4 is 11.9 Å². The van der Waals surface area contributed by atoms with E-state index < -0.39 is 5.60 Å². The summed E-state index contributed by atoms with van der Waals surface area (Å²) < 4.78 is 10.1. The molecule has 0 spiro atoms. The van der Waals surface area contributed by atoms with Crippen molar-refractivity contribution < 1.29 is 19.4 Å². The molecular formula is C17H18O4. The first kappa shape index (κ1) is 15.1. The van der Waals surface area contributed by atoms with E-state index in [2.05, 4.69) is 0 Å². The Morgan fingerprint density at radius 3 is 2.52 bits per heavy atom. The molecule has 0 aliphatic heterocycles. The molecule has 0 radical (unpaired) electrons. The minimum absolute atomic E-state index is 0.117. The summed E-state index contributed by atoms with van der Waals surface area (Å²) in [4.78, 5) is 11.7. The van der Waals surface area contributed by atoms with Crippen molar-refractivity contribution in [1.29, 1.82) is 0 Å². The average Bonchev–Trinajstić information content (AvgIpc) is 2.50. The number of hydrogen-bond donors (Lipinski definition) is 1. The number of rotatable bonds is 5. The van der Waals surface area contributed by atoms with Crippen LogP contribution in [0.25, 0.3) is 6.08 Å². The minimum Gasteiger partial charge on any atom is -0.498 e. The van der Waals surface area contributed by atoms with Crippen LogP contribution in [0.4, 0.5) is 0 Å². The summed E-state index contributed by atoms with van der Waals surface area (Å²) in [6.45, 7) is 0. The summed E-state index contributed by atoms with van der Waals surface area (Å²) in [6, 6.07) is 9.76. The summed E-state index contributed by atoms with van der Waals surface area (Å²) in [5.41, 5.74) is -0.342. The Kier molecular flexibility index (Phi) is 4.60. The lowest BCUT2D eigenvalue weighted by Crippen LogP contribution is -2.34. The maximum atomic E-state index is 11.7. The van der Waals surface area contributed by atoms with Gasteiger partial charge >= 0.3 is 0 Å². The number of benzene rings is 1. The fraction of sp³-hybridized carbons (Fsp3) is 0.235. The second-order valence-electron chi connectivity index (χ2n) is 4.73. The van der Waals surface area contributed by atoms with E-state index in [1.807, 2.05) is 42.5 Å². The fourth-order valence-electron chi connectivity index (χ4n) is 2.17. The normalized spacial score (nSPS) is 22.0. The molecule has 4 heteroatoms. The van der Waals surface area contributed by atoms with Gasteiger partial charge in [0, 0.05) is 18.6 Å². The molecule has 0 fully saturated rings. The standard InChI is InChI=1S/C17H18O4/c1-20-15-12-17(19,16(21-2)11-14(15)18)10-6-9-13-7-4-3-5-8-13/h3-9,11-12,19H,10H2,1-2H3/b9-6+/t17-/m1/s1. The molecule has 0 heterocycles. The third kappa shape index (κ3) is 3.41. The Bertz CT molecular complexity index is 598. The highest BCUT2D eigenvalue weighted by molar-refractivity contribution is 6.04. The van der Waals surface area contributed by atoms with Crippen LogP contribution in [0.5, 0.6) is 0 Å². The van der Waals surface area contributed by atoms with Crippen molar-refractivity contribution in [3.63, 3.8) is 0 Å². The number of allylic oxidation sites excluding steroid dienone is 1. The molecule has 1 N–H and O–H groups in total. The number of methoxy groups -OCH3 is 2. The van der Waals surface area contributed by atoms with Gasteiger partial charge in [0.25, 0.3) is 0 Å². The van der Waals surface area contributed by atoms with Crippen LogP contribution in [0.15, 0.2) is 60.1 Å². The van der Waals surface area contributed by atoms with Crippen LogP contribution in [-0.4, -0.2) is 30.7 Å². The SMILES string of the molecule is COC1=C[C@](O)(C/C=C/c2ccccc2)C(OC)=CC1=O. The van der Waals surface area contributed by atoms with Gasteiger partial charge in [0.15, 0.2) is 5.76 Å². The number of carbonyl (C=O) groups is 1. The molecule has 1 aromatic carbocycles. The summed E-state index contributed by atoms with van der Waals surface area (Å²) in [6.07, 6.45) is 6.67. The van der Waals surface area contributed by atoms with Crippen molar-refractivity contribution in [2.24, 2.45) is 0 Å². The third-order valence-electron chi connectivity index (χ3n) is 3.28. The van der Waals surface area contributed by atoms with Crippen LogP contribution >= 0.6 is 0 Å². The molecule has 2 rings (SSSR count). The van der Waals surface area contributed by atoms with E-state index in [1.165, 1.54) is 26.4 Å². The van der Waals surface area contributed by atoms with E-state index in [-0.39, 0.29) is 23.7 Å². The van der Waals surface area contributed by atoms with Gasteiger partial charge in [-0.05, 0) is 5.56 Å². The van der Waals surface area contributed by atoms with Crippen molar-refractivity contribution in [2.45, 2.75) is 12.0 Å². The van der Waals surface area contributed by atoms with Gasteiger partial charge in [0.05, 0.1) is 14.2 Å². The predicted octanol–water partition coefficient (Wildman–Crippen LogP) is 2.46. The van der Waals surface area contributed by atoms with Gasteiger partial charge in [-0.3, -0.25) is 4.79 Å². The smallest absolute Gasteiger partial charge is 0.223 e. The molecule has 0 aromatic heterocycles. The van der Waals surface area contributed by atoms with E-state index >= 15 is 0 Å². The van der Waals surface area contributed by atoms with Gasteiger partial charge in [-0.15, -0.1) is 0 Å². The average molecular weight is 286 g/mol. The van der Waals surface area contributed by atoms with E-state index in [0.29, 0.717) is 0 Å². The first-order valence-electron chi connectivity index (χ1n) is 6.60. The van der Waals surface area contributed by atoms with E-state index in [4.69, 9.17) is 9.47 Å². The summed E-state index contributed by atoms with van der Waals surface area (Å²) in [7, 11) is 2.83. The largest absolute Gasteiger partial charge is 0.498 e. The van der Waals surface area contributed by atoms with Gasteiger partial charge in [0.2, 0.25) is 5.78 Å². The first-order valence-corrected chi connectivity index (χ1v) is 6.60. The van der Waals surface area contributed by atoms with Gasteiger partial charge in [-0.2, -0.15) is 0 Å². The predicted molar refractivity (Wildman–Crippen MR) is 80.2 cm³/mol. The molecule has 0 amide bonds. The molecule has 1 aliphatic carbocycles. The molecule has 0 unspecified atom stereocenters. The van der Waals surface area contributed by atoms with E-state index in [0.717, 1.165) is 5.56 Å². The molecule has 0 bridgehead atoms. The van der Waals surface area contributed by atoms with Crippen LogP contribution in [-0.2, 0) is 14.3 Å². The zero-order valence-electron chi connectivity index (χ0n) is 12.1. The third-order valence-corrected chi connectivity index (χ3v) is 3.28. The minimum atomic E-state index is -1.38. The zero-order valence-corrected chi connectivity index (χ0v) is 12.1. The lowest BCUT2D eigenvalue weighted by atomic mass is 9.90. The van der Waals surface area contributed by atoms with Crippen LogP contribution in [0.3, 0.4) is 0 Å². The maximum Gasteiger partial charge on any atom is 0.223 e. The van der Waals surface area contributed by atoms with Crippen LogP contribution < -0.4 is 0 Å². The number of ether oxygens (including phenoxy) is 2. The zero-order chi connectivity index (χ0) is 15.3. The molecular weight excluding hydrogens is 268 g/mol. The lowest BCUT2D eigenvalue weighted by Gasteiger charge is -2.28. The van der Waals surface area contributed by atoms with Gasteiger partial charge in [-0.1, -0.05) is 42.5 Å². The van der Waals surface area contributed by atoms with Crippen LogP contribution in [0.1, 0.15) is 12.0 Å². The molecule has 0 saturated carbocycles. The Balaban J connectivity index is 2.19. The summed E-state index contributed by atoms with van der Waals surface area (Å²) in [5, 5.41) is 10.7. The van der Waals surface area contributed by atoms with Gasteiger partial charge < -0.3 is 14.6 Å². The second-order valence-corrected chi connectivity index (χ2v) is 4.73. The maximum absolute atomic E-state index is 11.7. The number of aliphatic hydroxyl groups is 1. The summed E-state index contributed by atoms with van der Waals surface area (Å²) in [5.74, 6) is 0.0171. The topological polar surface area (TPSA) is 55.8 Å². The number of carbonyl (C=O) groups excluding carboxylic acids is 1. The van der Waals surface area contributed by atoms with Crippen molar-refractivity contribution in [3.05, 3.63) is 65.6 Å². The highest BCUT2D eigenvalue weighted by Crippen LogP contribution is 2.30. The van der Waals surface area contributed by atoms with Gasteiger partial charge in [0.1, 0.15) is 11.4 Å². The Morgan fingerprint density at radius 1 is 1.19 bits per heavy atom. The van der Waals surface area contributed by atoms with Crippen molar-refractivity contribution in [1.82, 2.24) is 0 Å². The Labute approximate surface area is 124 Å². The summed E-state index contributed by atoms with van der Waals surface area (Å²) >= 11 is 0. The molecule has 1 aliphatic rings. The molecule has 1 atom stereocenters. The molecule has 110 valence electrons.